The molecule has 0 atom stereocenters. The lowest BCUT2D eigenvalue weighted by Gasteiger charge is -2.08. The minimum Gasteiger partial charge on any atom is -0.494 e. The van der Waals surface area contributed by atoms with Crippen LogP contribution in [0.2, 0.25) is 0 Å². The van der Waals surface area contributed by atoms with Crippen LogP contribution in [0, 0.1) is 6.92 Å². The van der Waals surface area contributed by atoms with Crippen molar-refractivity contribution in [2.75, 3.05) is 11.9 Å². The zero-order valence-electron chi connectivity index (χ0n) is 14.3. The molecular weight excluding hydrogens is 382 g/mol. The highest BCUT2D eigenvalue weighted by molar-refractivity contribution is 9.10. The number of rotatable bonds is 6. The van der Waals surface area contributed by atoms with Gasteiger partial charge in [0.25, 0.3) is 5.91 Å². The quantitative estimate of drug-likeness (QED) is 0.520. The molecule has 5 heteroatoms. The average Bonchev–Trinajstić information content (AvgIpc) is 2.92. The smallest absolute Gasteiger partial charge is 0.259 e. The average molecular weight is 402 g/mol. The summed E-state index contributed by atoms with van der Waals surface area (Å²) in [5.41, 5.74) is 1.93. The number of halogens is 1. The van der Waals surface area contributed by atoms with Gasteiger partial charge < -0.3 is 14.5 Å². The Balaban J connectivity index is 1.91. The second kappa shape index (κ2) is 7.74. The highest BCUT2D eigenvalue weighted by Crippen LogP contribution is 2.30. The van der Waals surface area contributed by atoms with Crippen molar-refractivity contribution < 1.29 is 13.9 Å². The number of ether oxygens (including phenoxy) is 1. The van der Waals surface area contributed by atoms with Crippen LogP contribution >= 0.6 is 15.9 Å². The van der Waals surface area contributed by atoms with E-state index in [4.69, 9.17) is 9.15 Å². The lowest BCUT2D eigenvalue weighted by atomic mass is 10.1. The molecule has 1 N–H and O–H groups in total. The number of fused-ring (bicyclic) bond motifs is 1. The number of carbonyl (C=O) groups is 1. The summed E-state index contributed by atoms with van der Waals surface area (Å²) in [6, 6.07) is 13.1. The molecule has 0 aliphatic heterocycles. The molecule has 0 unspecified atom stereocenters. The van der Waals surface area contributed by atoms with Crippen LogP contribution in [0.1, 0.15) is 35.9 Å². The standard InChI is InChI=1S/C20H20BrNO3/c1-3-4-11-24-14-9-10-18-15(12-14)19(13(2)25-18)20(23)22-17-8-6-5-7-16(17)21/h5-10,12H,3-4,11H2,1-2H3,(H,22,23). The molecule has 3 rings (SSSR count). The first-order chi connectivity index (χ1) is 12.1. The van der Waals surface area contributed by atoms with Gasteiger partial charge in [-0.2, -0.15) is 0 Å². The van der Waals surface area contributed by atoms with Crippen LogP contribution in [-0.4, -0.2) is 12.5 Å². The minimum absolute atomic E-state index is 0.200. The molecule has 2 aromatic carbocycles. The first-order valence-corrected chi connectivity index (χ1v) is 9.11. The molecule has 0 bridgehead atoms. The monoisotopic (exact) mass is 401 g/mol. The number of para-hydroxylation sites is 1. The number of hydrogen-bond acceptors (Lipinski definition) is 3. The number of unbranched alkanes of at least 4 members (excludes halogenated alkanes) is 1. The summed E-state index contributed by atoms with van der Waals surface area (Å²) in [4.78, 5) is 12.8. The molecule has 1 aromatic heterocycles. The fraction of sp³-hybridized carbons (Fsp3) is 0.250. The maximum absolute atomic E-state index is 12.8. The van der Waals surface area contributed by atoms with Gasteiger partial charge in [-0.3, -0.25) is 4.79 Å². The summed E-state index contributed by atoms with van der Waals surface area (Å²) in [6.45, 7) is 4.58. The van der Waals surface area contributed by atoms with Gasteiger partial charge in [-0.25, -0.2) is 0 Å². The first kappa shape index (κ1) is 17.5. The molecule has 0 aliphatic rings. The van der Waals surface area contributed by atoms with Crippen LogP contribution in [0.4, 0.5) is 5.69 Å². The van der Waals surface area contributed by atoms with E-state index in [1.165, 1.54) is 0 Å². The van der Waals surface area contributed by atoms with Gasteiger partial charge >= 0.3 is 0 Å². The van der Waals surface area contributed by atoms with Crippen molar-refractivity contribution in [3.05, 3.63) is 58.3 Å². The van der Waals surface area contributed by atoms with Crippen LogP contribution in [-0.2, 0) is 0 Å². The van der Waals surface area contributed by atoms with E-state index < -0.39 is 0 Å². The normalized spacial score (nSPS) is 10.8. The first-order valence-electron chi connectivity index (χ1n) is 8.32. The third kappa shape index (κ3) is 3.87. The molecule has 0 spiro atoms. The second-order valence-corrected chi connectivity index (χ2v) is 6.68. The molecule has 0 fully saturated rings. The van der Waals surface area contributed by atoms with Crippen LogP contribution in [0.15, 0.2) is 51.4 Å². The van der Waals surface area contributed by atoms with E-state index in [0.717, 1.165) is 34.1 Å². The predicted molar refractivity (Wildman–Crippen MR) is 103 cm³/mol. The van der Waals surface area contributed by atoms with E-state index in [1.54, 1.807) is 6.92 Å². The van der Waals surface area contributed by atoms with E-state index in [9.17, 15) is 4.79 Å². The van der Waals surface area contributed by atoms with Crippen molar-refractivity contribution >= 4 is 38.5 Å². The maximum atomic E-state index is 12.8. The van der Waals surface area contributed by atoms with Crippen molar-refractivity contribution in [2.45, 2.75) is 26.7 Å². The molecule has 1 heterocycles. The fourth-order valence-electron chi connectivity index (χ4n) is 2.65. The van der Waals surface area contributed by atoms with Gasteiger partial charge in [-0.15, -0.1) is 0 Å². The SMILES string of the molecule is CCCCOc1ccc2oc(C)c(C(=O)Nc3ccccc3Br)c2c1. The highest BCUT2D eigenvalue weighted by Gasteiger charge is 2.19. The maximum Gasteiger partial charge on any atom is 0.259 e. The van der Waals surface area contributed by atoms with Crippen LogP contribution < -0.4 is 10.1 Å². The van der Waals surface area contributed by atoms with Gasteiger partial charge in [0.1, 0.15) is 17.1 Å². The Morgan fingerprint density at radius 1 is 1.24 bits per heavy atom. The number of nitrogens with one attached hydrogen (secondary N) is 1. The minimum atomic E-state index is -0.200. The van der Waals surface area contributed by atoms with Gasteiger partial charge in [0, 0.05) is 9.86 Å². The molecule has 25 heavy (non-hydrogen) atoms. The van der Waals surface area contributed by atoms with Crippen molar-refractivity contribution in [2.24, 2.45) is 0 Å². The molecular formula is C20H20BrNO3. The Bertz CT molecular complexity index is 901. The molecule has 0 aliphatic carbocycles. The van der Waals surface area contributed by atoms with Crippen molar-refractivity contribution in [3.63, 3.8) is 0 Å². The molecule has 1 amide bonds. The Morgan fingerprint density at radius 2 is 2.04 bits per heavy atom. The lowest BCUT2D eigenvalue weighted by molar-refractivity contribution is 0.102. The fourth-order valence-corrected chi connectivity index (χ4v) is 3.04. The summed E-state index contributed by atoms with van der Waals surface area (Å²) in [7, 11) is 0. The Kier molecular flexibility index (Phi) is 5.43. The van der Waals surface area contributed by atoms with Crippen molar-refractivity contribution in [3.8, 4) is 5.75 Å². The molecule has 0 radical (unpaired) electrons. The Morgan fingerprint density at radius 3 is 2.80 bits per heavy atom. The van der Waals surface area contributed by atoms with Gasteiger partial charge in [-0.1, -0.05) is 25.5 Å². The van der Waals surface area contributed by atoms with Gasteiger partial charge in [0.2, 0.25) is 0 Å². The third-order valence-electron chi connectivity index (χ3n) is 3.95. The molecule has 4 nitrogen and oxygen atoms in total. The number of carbonyl (C=O) groups excluding carboxylic acids is 1. The molecule has 3 aromatic rings. The number of aryl methyl sites for hydroxylation is 1. The number of amides is 1. The number of hydrogen-bond donors (Lipinski definition) is 1. The lowest BCUT2D eigenvalue weighted by Crippen LogP contribution is -2.13. The van der Waals surface area contributed by atoms with Crippen molar-refractivity contribution in [1.82, 2.24) is 0 Å². The van der Waals surface area contributed by atoms with Gasteiger partial charge in [0.05, 0.1) is 17.9 Å². The molecule has 0 saturated heterocycles. The predicted octanol–water partition coefficient (Wildman–Crippen LogP) is 5.93. The summed E-state index contributed by atoms with van der Waals surface area (Å²) in [5.74, 6) is 1.14. The summed E-state index contributed by atoms with van der Waals surface area (Å²) >= 11 is 3.45. The summed E-state index contributed by atoms with van der Waals surface area (Å²) in [6.07, 6.45) is 2.07. The Hall–Kier alpha value is -2.27. The van der Waals surface area contributed by atoms with E-state index in [0.29, 0.717) is 23.5 Å². The zero-order valence-corrected chi connectivity index (χ0v) is 15.9. The van der Waals surface area contributed by atoms with Crippen LogP contribution in [0.5, 0.6) is 5.75 Å². The van der Waals surface area contributed by atoms with E-state index >= 15 is 0 Å². The summed E-state index contributed by atoms with van der Waals surface area (Å²) in [5, 5.41) is 3.69. The second-order valence-electron chi connectivity index (χ2n) is 5.83. The molecule has 0 saturated carbocycles. The number of furan rings is 1. The zero-order chi connectivity index (χ0) is 17.8. The van der Waals surface area contributed by atoms with Gasteiger partial charge in [-0.05, 0) is 59.6 Å². The largest absolute Gasteiger partial charge is 0.494 e. The number of anilines is 1. The number of benzene rings is 2. The van der Waals surface area contributed by atoms with E-state index in [-0.39, 0.29) is 5.91 Å². The van der Waals surface area contributed by atoms with E-state index in [2.05, 4.69) is 28.2 Å². The van der Waals surface area contributed by atoms with Crippen LogP contribution in [0.25, 0.3) is 11.0 Å². The molecule has 130 valence electrons. The Labute approximate surface area is 155 Å². The topological polar surface area (TPSA) is 51.5 Å². The summed E-state index contributed by atoms with van der Waals surface area (Å²) < 4.78 is 12.3. The van der Waals surface area contributed by atoms with Crippen LogP contribution in [0.3, 0.4) is 0 Å². The van der Waals surface area contributed by atoms with Crippen molar-refractivity contribution in [1.29, 1.82) is 0 Å². The highest BCUT2D eigenvalue weighted by atomic mass is 79.9. The van der Waals surface area contributed by atoms with Gasteiger partial charge in [0.15, 0.2) is 0 Å². The third-order valence-corrected chi connectivity index (χ3v) is 4.64. The van der Waals surface area contributed by atoms with E-state index in [1.807, 2.05) is 42.5 Å².